The van der Waals surface area contributed by atoms with Crippen LogP contribution in [0.5, 0.6) is 0 Å². The number of aliphatic carboxylic acids is 1. The molecule has 0 amide bonds. The molecule has 0 radical (unpaired) electrons. The average molecular weight is 260 g/mol. The minimum Gasteiger partial charge on any atom is -0.481 e. The second-order valence-corrected chi connectivity index (χ2v) is 5.36. The highest BCUT2D eigenvalue weighted by Crippen LogP contribution is 2.45. The molecule has 3 unspecified atom stereocenters. The Hall–Kier alpha value is -0.650. The zero-order valence-electron chi connectivity index (χ0n) is 11.2. The largest absolute Gasteiger partial charge is 0.481 e. The van der Waals surface area contributed by atoms with Crippen molar-refractivity contribution in [3.8, 4) is 0 Å². The molecule has 1 rings (SSSR count). The lowest BCUT2D eigenvalue weighted by Gasteiger charge is -2.26. The van der Waals surface area contributed by atoms with Gasteiger partial charge in [0.05, 0.1) is 31.3 Å². The van der Waals surface area contributed by atoms with Gasteiger partial charge in [0.15, 0.2) is 0 Å². The maximum absolute atomic E-state index is 11.4. The molecule has 18 heavy (non-hydrogen) atoms. The Morgan fingerprint density at radius 1 is 1.50 bits per heavy atom. The molecule has 1 aliphatic carbocycles. The first-order valence-corrected chi connectivity index (χ1v) is 6.48. The van der Waals surface area contributed by atoms with Crippen LogP contribution in [0.25, 0.3) is 0 Å². The van der Waals surface area contributed by atoms with Gasteiger partial charge in [0.25, 0.3) is 0 Å². The number of carboxylic acid groups (broad SMARTS) is 1. The number of rotatable bonds is 8. The fraction of sp³-hybridized carbons (Fsp3) is 0.923. The van der Waals surface area contributed by atoms with E-state index in [1.54, 1.807) is 7.11 Å². The second-order valence-electron chi connectivity index (χ2n) is 5.36. The molecule has 2 N–H and O–H groups in total. The van der Waals surface area contributed by atoms with Crippen LogP contribution in [-0.4, -0.2) is 49.2 Å². The maximum atomic E-state index is 11.4. The van der Waals surface area contributed by atoms with Crippen LogP contribution in [0, 0.1) is 11.3 Å². The summed E-state index contributed by atoms with van der Waals surface area (Å²) in [6.45, 7) is 3.14. The Morgan fingerprint density at radius 3 is 2.72 bits per heavy atom. The Morgan fingerprint density at radius 2 is 2.22 bits per heavy atom. The van der Waals surface area contributed by atoms with Gasteiger partial charge in [0.1, 0.15) is 0 Å². The van der Waals surface area contributed by atoms with E-state index >= 15 is 0 Å². The van der Waals surface area contributed by atoms with E-state index in [1.807, 2.05) is 0 Å². The third-order valence-corrected chi connectivity index (χ3v) is 3.68. The Kier molecular flexibility index (Phi) is 6.05. The minimum atomic E-state index is -0.789. The Balaban J connectivity index is 2.39. The second kappa shape index (κ2) is 7.07. The van der Waals surface area contributed by atoms with Gasteiger partial charge in [-0.25, -0.2) is 0 Å². The van der Waals surface area contributed by atoms with Gasteiger partial charge in [-0.05, 0) is 31.6 Å². The summed E-state index contributed by atoms with van der Waals surface area (Å²) < 4.78 is 10.1. The van der Waals surface area contributed by atoms with Crippen molar-refractivity contribution in [3.63, 3.8) is 0 Å². The molecule has 1 fully saturated rings. The van der Waals surface area contributed by atoms with Crippen molar-refractivity contribution in [1.29, 1.82) is 0 Å². The van der Waals surface area contributed by atoms with E-state index in [0.29, 0.717) is 32.0 Å². The van der Waals surface area contributed by atoms with Crippen molar-refractivity contribution in [3.05, 3.63) is 0 Å². The smallest absolute Gasteiger partial charge is 0.309 e. The lowest BCUT2D eigenvalue weighted by Crippen LogP contribution is -2.34. The fourth-order valence-corrected chi connectivity index (χ4v) is 2.73. The number of aliphatic hydroxyl groups excluding tert-OH is 1. The summed E-state index contributed by atoms with van der Waals surface area (Å²) in [4.78, 5) is 11.4. The van der Waals surface area contributed by atoms with Crippen molar-refractivity contribution in [2.45, 2.75) is 38.7 Å². The molecule has 0 bridgehead atoms. The first-order chi connectivity index (χ1) is 8.50. The quantitative estimate of drug-likeness (QED) is 0.643. The molecule has 3 atom stereocenters. The number of hydrogen-bond donors (Lipinski definition) is 2. The normalized spacial score (nSPS) is 29.4. The highest BCUT2D eigenvalue weighted by molar-refractivity contribution is 5.75. The van der Waals surface area contributed by atoms with Crippen LogP contribution in [0.2, 0.25) is 0 Å². The first-order valence-electron chi connectivity index (χ1n) is 6.48. The summed E-state index contributed by atoms with van der Waals surface area (Å²) in [6, 6.07) is 0. The molecule has 0 spiro atoms. The van der Waals surface area contributed by atoms with Crippen LogP contribution in [-0.2, 0) is 14.3 Å². The predicted octanol–water partition coefficient (Wildman–Crippen LogP) is 1.29. The van der Waals surface area contributed by atoms with Crippen LogP contribution in [0.4, 0.5) is 0 Å². The standard InChI is InChI=1S/C13H24O5/c1-10-3-4-13(7-10,12(15)16)8-11(14)9-18-6-5-17-2/h10-11,14H,3-9H2,1-2H3,(H,15,16). The van der Waals surface area contributed by atoms with Crippen molar-refractivity contribution in [1.82, 2.24) is 0 Å². The molecule has 5 nitrogen and oxygen atoms in total. The summed E-state index contributed by atoms with van der Waals surface area (Å²) >= 11 is 0. The summed E-state index contributed by atoms with van der Waals surface area (Å²) in [5.74, 6) is -0.370. The molecule has 0 aliphatic heterocycles. The van der Waals surface area contributed by atoms with Crippen molar-refractivity contribution in [2.24, 2.45) is 11.3 Å². The van der Waals surface area contributed by atoms with E-state index in [2.05, 4.69) is 6.92 Å². The monoisotopic (exact) mass is 260 g/mol. The number of carboxylic acids is 1. The molecule has 0 aromatic carbocycles. The molecule has 0 aromatic rings. The molecule has 0 saturated heterocycles. The number of carbonyl (C=O) groups is 1. The Bertz CT molecular complexity index is 268. The first kappa shape index (κ1) is 15.4. The van der Waals surface area contributed by atoms with E-state index in [9.17, 15) is 15.0 Å². The summed E-state index contributed by atoms with van der Waals surface area (Å²) in [6.07, 6.45) is 1.78. The molecule has 0 aromatic heterocycles. The number of ether oxygens (including phenoxy) is 2. The zero-order valence-corrected chi connectivity index (χ0v) is 11.2. The highest BCUT2D eigenvalue weighted by Gasteiger charge is 2.45. The van der Waals surface area contributed by atoms with Crippen LogP contribution < -0.4 is 0 Å². The van der Waals surface area contributed by atoms with Crippen LogP contribution in [0.1, 0.15) is 32.6 Å². The van der Waals surface area contributed by atoms with Gasteiger partial charge in [0.2, 0.25) is 0 Å². The molecule has 1 aliphatic rings. The van der Waals surface area contributed by atoms with Crippen molar-refractivity contribution in [2.75, 3.05) is 26.9 Å². The van der Waals surface area contributed by atoms with Gasteiger partial charge in [-0.3, -0.25) is 4.79 Å². The van der Waals surface area contributed by atoms with Gasteiger partial charge in [0, 0.05) is 7.11 Å². The number of hydrogen-bond acceptors (Lipinski definition) is 4. The van der Waals surface area contributed by atoms with E-state index in [-0.39, 0.29) is 13.0 Å². The summed E-state index contributed by atoms with van der Waals surface area (Å²) in [5.41, 5.74) is -0.760. The van der Waals surface area contributed by atoms with E-state index < -0.39 is 17.5 Å². The topological polar surface area (TPSA) is 76.0 Å². The minimum absolute atomic E-state index is 0.173. The third-order valence-electron chi connectivity index (χ3n) is 3.68. The fourth-order valence-electron chi connectivity index (χ4n) is 2.73. The molecular weight excluding hydrogens is 236 g/mol. The Labute approximate surface area is 108 Å². The molecule has 5 heteroatoms. The molecule has 0 heterocycles. The lowest BCUT2D eigenvalue weighted by molar-refractivity contribution is -0.151. The van der Waals surface area contributed by atoms with Gasteiger partial charge < -0.3 is 19.7 Å². The average Bonchev–Trinajstić information content (AvgIpc) is 2.67. The SMILES string of the molecule is COCCOCC(O)CC1(C(=O)O)CCC(C)C1. The predicted molar refractivity (Wildman–Crippen MR) is 66.4 cm³/mol. The van der Waals surface area contributed by atoms with Crippen LogP contribution in [0.15, 0.2) is 0 Å². The van der Waals surface area contributed by atoms with E-state index in [1.165, 1.54) is 0 Å². The van der Waals surface area contributed by atoms with Crippen LogP contribution in [0.3, 0.4) is 0 Å². The van der Waals surface area contributed by atoms with Crippen molar-refractivity contribution < 1.29 is 24.5 Å². The molecule has 106 valence electrons. The van der Waals surface area contributed by atoms with Gasteiger partial charge in [-0.15, -0.1) is 0 Å². The number of aliphatic hydroxyl groups is 1. The summed E-state index contributed by atoms with van der Waals surface area (Å²) in [5, 5.41) is 19.2. The van der Waals surface area contributed by atoms with Gasteiger partial charge in [-0.1, -0.05) is 6.92 Å². The summed E-state index contributed by atoms with van der Waals surface area (Å²) in [7, 11) is 1.58. The lowest BCUT2D eigenvalue weighted by atomic mass is 9.80. The van der Waals surface area contributed by atoms with E-state index in [4.69, 9.17) is 9.47 Å². The third kappa shape index (κ3) is 4.23. The maximum Gasteiger partial charge on any atom is 0.309 e. The van der Waals surface area contributed by atoms with E-state index in [0.717, 1.165) is 6.42 Å². The number of methoxy groups -OCH3 is 1. The molecular formula is C13H24O5. The van der Waals surface area contributed by atoms with Crippen LogP contribution >= 0.6 is 0 Å². The zero-order chi connectivity index (χ0) is 13.6. The van der Waals surface area contributed by atoms with Gasteiger partial charge >= 0.3 is 5.97 Å². The van der Waals surface area contributed by atoms with Gasteiger partial charge in [-0.2, -0.15) is 0 Å². The van der Waals surface area contributed by atoms with Crippen molar-refractivity contribution >= 4 is 5.97 Å². The highest BCUT2D eigenvalue weighted by atomic mass is 16.5. The molecule has 1 saturated carbocycles.